The van der Waals surface area contributed by atoms with E-state index in [0.29, 0.717) is 6.54 Å². The highest BCUT2D eigenvalue weighted by Gasteiger charge is 2.21. The highest BCUT2D eigenvalue weighted by molar-refractivity contribution is 5.57. The molecule has 0 aliphatic carbocycles. The molecule has 1 saturated heterocycles. The van der Waals surface area contributed by atoms with Crippen molar-refractivity contribution >= 4 is 5.82 Å². The van der Waals surface area contributed by atoms with E-state index in [2.05, 4.69) is 48.1 Å². The van der Waals surface area contributed by atoms with Crippen LogP contribution in [0.5, 0.6) is 0 Å². The normalized spacial score (nSPS) is 17.3. The van der Waals surface area contributed by atoms with Crippen LogP contribution in [0.3, 0.4) is 0 Å². The van der Waals surface area contributed by atoms with Crippen LogP contribution in [0.25, 0.3) is 11.3 Å². The van der Waals surface area contributed by atoms with Gasteiger partial charge in [0.15, 0.2) is 5.82 Å². The summed E-state index contributed by atoms with van der Waals surface area (Å²) in [7, 11) is 2.15. The van der Waals surface area contributed by atoms with E-state index < -0.39 is 0 Å². The maximum atomic E-state index is 12.3. The van der Waals surface area contributed by atoms with Crippen molar-refractivity contribution in [1.82, 2.24) is 34.8 Å². The lowest BCUT2D eigenvalue weighted by atomic mass is 10.1. The molecule has 166 valence electrons. The quantitative estimate of drug-likeness (QED) is 0.588. The first-order chi connectivity index (χ1) is 15.7. The summed E-state index contributed by atoms with van der Waals surface area (Å²) < 4.78 is 1.56. The monoisotopic (exact) mass is 432 g/mol. The molecule has 2 aliphatic heterocycles. The van der Waals surface area contributed by atoms with Gasteiger partial charge in [-0.25, -0.2) is 4.68 Å². The van der Waals surface area contributed by atoms with Crippen molar-refractivity contribution in [3.05, 3.63) is 64.3 Å². The summed E-state index contributed by atoms with van der Waals surface area (Å²) in [6.07, 6.45) is 4.44. The van der Waals surface area contributed by atoms with Crippen LogP contribution in [0.15, 0.2) is 47.5 Å². The van der Waals surface area contributed by atoms with Crippen molar-refractivity contribution in [3.63, 3.8) is 0 Å². The van der Waals surface area contributed by atoms with Gasteiger partial charge in [-0.1, -0.05) is 0 Å². The highest BCUT2D eigenvalue weighted by atomic mass is 16.1. The van der Waals surface area contributed by atoms with Gasteiger partial charge in [0.2, 0.25) is 0 Å². The fraction of sp³-hybridized carbons (Fsp3) is 0.435. The Morgan fingerprint density at radius 1 is 0.938 bits per heavy atom. The Kier molecular flexibility index (Phi) is 5.91. The van der Waals surface area contributed by atoms with E-state index in [0.717, 1.165) is 75.0 Å². The SMILES string of the molecule is CN1CCc2nnc(N3CCN(CCn4nc(-c5ccncc5)ccc4=O)CC3)cc2C1. The molecule has 0 N–H and O–H groups in total. The number of anilines is 1. The van der Waals surface area contributed by atoms with Gasteiger partial charge in [-0.05, 0) is 36.9 Å². The predicted molar refractivity (Wildman–Crippen MR) is 122 cm³/mol. The first kappa shape index (κ1) is 20.7. The van der Waals surface area contributed by atoms with Crippen molar-refractivity contribution in [3.8, 4) is 11.3 Å². The largest absolute Gasteiger partial charge is 0.353 e. The molecule has 1 fully saturated rings. The molecule has 32 heavy (non-hydrogen) atoms. The number of fused-ring (bicyclic) bond motifs is 1. The Bertz CT molecular complexity index is 1120. The second-order valence-electron chi connectivity index (χ2n) is 8.51. The molecular weight excluding hydrogens is 404 g/mol. The van der Waals surface area contributed by atoms with Crippen molar-refractivity contribution in [2.45, 2.75) is 19.5 Å². The number of aromatic nitrogens is 5. The van der Waals surface area contributed by atoms with Crippen LogP contribution in [0.2, 0.25) is 0 Å². The van der Waals surface area contributed by atoms with E-state index in [-0.39, 0.29) is 5.56 Å². The van der Waals surface area contributed by atoms with Crippen LogP contribution < -0.4 is 10.5 Å². The van der Waals surface area contributed by atoms with Crippen molar-refractivity contribution in [1.29, 1.82) is 0 Å². The summed E-state index contributed by atoms with van der Waals surface area (Å²) in [5, 5.41) is 13.5. The van der Waals surface area contributed by atoms with Gasteiger partial charge in [-0.2, -0.15) is 10.2 Å². The number of hydrogen-bond donors (Lipinski definition) is 0. The van der Waals surface area contributed by atoms with Gasteiger partial charge >= 0.3 is 0 Å². The van der Waals surface area contributed by atoms with Crippen LogP contribution >= 0.6 is 0 Å². The molecule has 9 nitrogen and oxygen atoms in total. The second kappa shape index (κ2) is 9.13. The zero-order valence-corrected chi connectivity index (χ0v) is 18.4. The topological polar surface area (TPSA) is 83.3 Å². The predicted octanol–water partition coefficient (Wildman–Crippen LogP) is 0.905. The molecule has 9 heteroatoms. The van der Waals surface area contributed by atoms with Gasteiger partial charge in [-0.3, -0.25) is 14.7 Å². The van der Waals surface area contributed by atoms with E-state index in [9.17, 15) is 4.79 Å². The average Bonchev–Trinajstić information content (AvgIpc) is 2.84. The molecule has 0 unspecified atom stereocenters. The van der Waals surface area contributed by atoms with E-state index >= 15 is 0 Å². The summed E-state index contributed by atoms with van der Waals surface area (Å²) in [6, 6.07) is 9.37. The third-order valence-corrected chi connectivity index (χ3v) is 6.28. The van der Waals surface area contributed by atoms with Crippen LogP contribution in [-0.2, 0) is 19.5 Å². The zero-order chi connectivity index (χ0) is 21.9. The lowest BCUT2D eigenvalue weighted by Crippen LogP contribution is -2.48. The number of nitrogens with zero attached hydrogens (tertiary/aromatic N) is 8. The van der Waals surface area contributed by atoms with Crippen LogP contribution in [0.1, 0.15) is 11.3 Å². The van der Waals surface area contributed by atoms with Crippen molar-refractivity contribution < 1.29 is 0 Å². The molecule has 0 spiro atoms. The van der Waals surface area contributed by atoms with E-state index in [1.165, 1.54) is 5.56 Å². The first-order valence-electron chi connectivity index (χ1n) is 11.2. The van der Waals surface area contributed by atoms with Gasteiger partial charge in [0.1, 0.15) is 0 Å². The Morgan fingerprint density at radius 3 is 2.56 bits per heavy atom. The summed E-state index contributed by atoms with van der Waals surface area (Å²) in [4.78, 5) is 23.4. The summed E-state index contributed by atoms with van der Waals surface area (Å²) in [5.74, 6) is 0.974. The maximum absolute atomic E-state index is 12.3. The molecule has 0 saturated carbocycles. The molecule has 5 rings (SSSR count). The Hall–Kier alpha value is -3.17. The Morgan fingerprint density at radius 2 is 1.75 bits per heavy atom. The lowest BCUT2D eigenvalue weighted by Gasteiger charge is -2.35. The Labute approximate surface area is 187 Å². The molecule has 0 aromatic carbocycles. The fourth-order valence-corrected chi connectivity index (χ4v) is 4.33. The highest BCUT2D eigenvalue weighted by Crippen LogP contribution is 2.21. The minimum atomic E-state index is -0.0734. The standard InChI is InChI=1S/C23H28N8O/c1-28-9-6-20-19(17-28)16-22(26-25-20)30-13-10-29(11-14-30)12-15-31-23(32)3-2-21(27-31)18-4-7-24-8-5-18/h2-5,7-8,16H,6,9-15,17H2,1H3. The van der Waals surface area contributed by atoms with Gasteiger partial charge in [0.05, 0.1) is 17.9 Å². The van der Waals surface area contributed by atoms with Crippen LogP contribution in [-0.4, -0.2) is 81.1 Å². The van der Waals surface area contributed by atoms with Crippen LogP contribution in [0, 0.1) is 0 Å². The van der Waals surface area contributed by atoms with Gasteiger partial charge < -0.3 is 9.80 Å². The van der Waals surface area contributed by atoms with Gasteiger partial charge in [0, 0.05) is 76.3 Å². The minimum Gasteiger partial charge on any atom is -0.353 e. The molecule has 0 radical (unpaired) electrons. The average molecular weight is 433 g/mol. The molecule has 2 aliphatic rings. The van der Waals surface area contributed by atoms with E-state index in [4.69, 9.17) is 0 Å². The first-order valence-corrected chi connectivity index (χ1v) is 11.2. The number of pyridine rings is 1. The van der Waals surface area contributed by atoms with Crippen LogP contribution in [0.4, 0.5) is 5.82 Å². The molecule has 3 aromatic heterocycles. The number of piperazine rings is 1. The lowest BCUT2D eigenvalue weighted by molar-refractivity contribution is 0.242. The Balaban J connectivity index is 1.18. The molecule has 0 amide bonds. The summed E-state index contributed by atoms with van der Waals surface area (Å²) in [5.41, 5.74) is 4.10. The summed E-state index contributed by atoms with van der Waals surface area (Å²) >= 11 is 0. The van der Waals surface area contributed by atoms with Crippen molar-refractivity contribution in [2.75, 3.05) is 51.2 Å². The smallest absolute Gasteiger partial charge is 0.266 e. The minimum absolute atomic E-state index is 0.0734. The number of hydrogen-bond acceptors (Lipinski definition) is 8. The molecule has 3 aromatic rings. The van der Waals surface area contributed by atoms with Crippen molar-refractivity contribution in [2.24, 2.45) is 0 Å². The fourth-order valence-electron chi connectivity index (χ4n) is 4.33. The third-order valence-electron chi connectivity index (χ3n) is 6.28. The third kappa shape index (κ3) is 4.53. The summed E-state index contributed by atoms with van der Waals surface area (Å²) in [6.45, 7) is 7.02. The maximum Gasteiger partial charge on any atom is 0.266 e. The second-order valence-corrected chi connectivity index (χ2v) is 8.51. The van der Waals surface area contributed by atoms with Gasteiger partial charge in [-0.15, -0.1) is 5.10 Å². The van der Waals surface area contributed by atoms with Gasteiger partial charge in [0.25, 0.3) is 5.56 Å². The molecule has 0 bridgehead atoms. The molecular formula is C23H28N8O. The van der Waals surface area contributed by atoms with E-state index in [1.54, 1.807) is 29.2 Å². The van der Waals surface area contributed by atoms with E-state index in [1.807, 2.05) is 12.1 Å². The number of likely N-dealkylation sites (N-methyl/N-ethyl adjacent to an activating group) is 1. The molecule has 5 heterocycles. The number of rotatable bonds is 5. The zero-order valence-electron chi connectivity index (χ0n) is 18.4. The molecule has 0 atom stereocenters.